The first-order valence-electron chi connectivity index (χ1n) is 9.20. The lowest BCUT2D eigenvalue weighted by Crippen LogP contribution is -2.35. The lowest BCUT2D eigenvalue weighted by atomic mass is 9.82. The average molecular weight is 489 g/mol. The molecule has 2 unspecified atom stereocenters. The molecular formula is C22H15BrClNO5. The van der Waals surface area contributed by atoms with Crippen molar-refractivity contribution in [3.8, 4) is 0 Å². The van der Waals surface area contributed by atoms with E-state index in [9.17, 15) is 24.3 Å². The van der Waals surface area contributed by atoms with Gasteiger partial charge in [-0.05, 0) is 34.8 Å². The summed E-state index contributed by atoms with van der Waals surface area (Å²) in [5.74, 6) is -3.87. The quantitative estimate of drug-likeness (QED) is 0.529. The number of carbonyl (C=O) groups is 4. The van der Waals surface area contributed by atoms with Crippen LogP contribution in [0.4, 0.5) is 5.69 Å². The molecule has 0 heterocycles. The van der Waals surface area contributed by atoms with E-state index < -0.39 is 23.7 Å². The van der Waals surface area contributed by atoms with Gasteiger partial charge in [0, 0.05) is 16.7 Å². The van der Waals surface area contributed by atoms with Gasteiger partial charge in [0.05, 0.1) is 32.6 Å². The van der Waals surface area contributed by atoms with E-state index >= 15 is 0 Å². The average Bonchev–Trinajstić information content (AvgIpc) is 2.74. The summed E-state index contributed by atoms with van der Waals surface area (Å²) in [6.07, 6.45) is 4.06. The maximum atomic E-state index is 13.0. The topological polar surface area (TPSA) is 101 Å². The van der Waals surface area contributed by atoms with Crippen LogP contribution in [-0.2, 0) is 9.59 Å². The summed E-state index contributed by atoms with van der Waals surface area (Å²) in [5, 5.41) is 12.2. The zero-order valence-corrected chi connectivity index (χ0v) is 17.8. The molecule has 4 rings (SSSR count). The normalized spacial score (nSPS) is 19.8. The minimum absolute atomic E-state index is 0.0766. The Hall–Kier alpha value is -2.77. The van der Waals surface area contributed by atoms with Crippen LogP contribution in [0.2, 0.25) is 5.02 Å². The second kappa shape index (κ2) is 7.81. The van der Waals surface area contributed by atoms with Gasteiger partial charge in [0.15, 0.2) is 11.6 Å². The summed E-state index contributed by atoms with van der Waals surface area (Å²) >= 11 is 9.68. The largest absolute Gasteiger partial charge is 0.481 e. The number of anilines is 1. The summed E-state index contributed by atoms with van der Waals surface area (Å²) in [6, 6.07) is 7.87. The van der Waals surface area contributed by atoms with E-state index in [2.05, 4.69) is 21.2 Å². The summed E-state index contributed by atoms with van der Waals surface area (Å²) in [7, 11) is 0. The number of carboxylic acid groups (broad SMARTS) is 1. The van der Waals surface area contributed by atoms with Crippen molar-refractivity contribution < 1.29 is 24.3 Å². The van der Waals surface area contributed by atoms with E-state index in [4.69, 9.17) is 11.6 Å². The van der Waals surface area contributed by atoms with Gasteiger partial charge in [0.2, 0.25) is 5.91 Å². The highest BCUT2D eigenvalue weighted by molar-refractivity contribution is 9.10. The molecule has 0 aromatic heterocycles. The van der Waals surface area contributed by atoms with Gasteiger partial charge >= 0.3 is 5.97 Å². The number of halogens is 2. The molecule has 8 heteroatoms. The number of carboxylic acids is 1. The molecule has 2 aliphatic rings. The van der Waals surface area contributed by atoms with Crippen molar-refractivity contribution in [1.82, 2.24) is 0 Å². The van der Waals surface area contributed by atoms with E-state index in [0.717, 1.165) is 0 Å². The van der Waals surface area contributed by atoms with E-state index in [0.29, 0.717) is 5.56 Å². The van der Waals surface area contributed by atoms with Crippen LogP contribution in [0, 0.1) is 11.8 Å². The lowest BCUT2D eigenvalue weighted by molar-refractivity contribution is -0.146. The highest BCUT2D eigenvalue weighted by Gasteiger charge is 2.36. The van der Waals surface area contributed by atoms with Crippen LogP contribution in [0.25, 0.3) is 0 Å². The van der Waals surface area contributed by atoms with Crippen molar-refractivity contribution >= 4 is 56.7 Å². The molecule has 0 saturated carbocycles. The van der Waals surface area contributed by atoms with Gasteiger partial charge in [-0.1, -0.05) is 48.0 Å². The van der Waals surface area contributed by atoms with Gasteiger partial charge in [-0.2, -0.15) is 0 Å². The Labute approximate surface area is 185 Å². The van der Waals surface area contributed by atoms with Gasteiger partial charge < -0.3 is 10.4 Å². The van der Waals surface area contributed by atoms with E-state index in [1.807, 2.05) is 0 Å². The smallest absolute Gasteiger partial charge is 0.307 e. The monoisotopic (exact) mass is 487 g/mol. The molecular weight excluding hydrogens is 474 g/mol. The number of aliphatic carboxylic acids is 1. The first-order chi connectivity index (χ1) is 14.3. The zero-order chi connectivity index (χ0) is 21.6. The third-order valence-corrected chi connectivity index (χ3v) is 6.53. The van der Waals surface area contributed by atoms with Gasteiger partial charge in [-0.15, -0.1) is 0 Å². The summed E-state index contributed by atoms with van der Waals surface area (Å²) in [5.41, 5.74) is 0.987. The fourth-order valence-electron chi connectivity index (χ4n) is 3.89. The molecule has 6 nitrogen and oxygen atoms in total. The van der Waals surface area contributed by atoms with Gasteiger partial charge in [-0.25, -0.2) is 0 Å². The molecule has 0 fully saturated rings. The minimum Gasteiger partial charge on any atom is -0.481 e. The molecule has 0 aliphatic heterocycles. The summed E-state index contributed by atoms with van der Waals surface area (Å²) in [4.78, 5) is 50.3. The molecule has 152 valence electrons. The number of nitrogens with one attached hydrogen (secondary N) is 1. The van der Waals surface area contributed by atoms with Crippen LogP contribution >= 0.6 is 27.5 Å². The number of fused-ring (bicyclic) bond motifs is 2. The molecule has 2 aliphatic carbocycles. The number of amides is 1. The number of hydrogen-bond donors (Lipinski definition) is 2. The second-order valence-corrected chi connectivity index (χ2v) is 8.36. The van der Waals surface area contributed by atoms with Crippen molar-refractivity contribution in [2.75, 3.05) is 5.32 Å². The van der Waals surface area contributed by atoms with Crippen LogP contribution in [-0.4, -0.2) is 28.5 Å². The molecule has 30 heavy (non-hydrogen) atoms. The maximum absolute atomic E-state index is 13.0. The number of allylic oxidation sites excluding steroid dienone is 2. The first kappa shape index (κ1) is 20.5. The Kier molecular flexibility index (Phi) is 5.34. The van der Waals surface area contributed by atoms with Crippen LogP contribution in [0.3, 0.4) is 0 Å². The SMILES string of the molecule is O=C1c2ccccc2C(=O)c2c1cc(Cl)c(NC(=O)C1CC=CCC1C(=O)O)c2Br. The third kappa shape index (κ3) is 3.28. The molecule has 2 atom stereocenters. The van der Waals surface area contributed by atoms with Crippen molar-refractivity contribution in [3.63, 3.8) is 0 Å². The molecule has 0 spiro atoms. The van der Waals surface area contributed by atoms with Crippen LogP contribution in [0.1, 0.15) is 44.7 Å². The molecule has 2 aromatic carbocycles. The lowest BCUT2D eigenvalue weighted by Gasteiger charge is -2.26. The number of carbonyl (C=O) groups excluding carboxylic acids is 3. The van der Waals surface area contributed by atoms with Gasteiger partial charge in [-0.3, -0.25) is 19.2 Å². The third-order valence-electron chi connectivity index (χ3n) is 5.44. The molecule has 0 bridgehead atoms. The predicted octanol–water partition coefficient (Wildman–Crippen LogP) is 4.48. The van der Waals surface area contributed by atoms with E-state index in [1.165, 1.54) is 6.07 Å². The van der Waals surface area contributed by atoms with Gasteiger partial charge in [0.25, 0.3) is 0 Å². The van der Waals surface area contributed by atoms with Crippen molar-refractivity contribution in [3.05, 3.63) is 74.2 Å². The number of hydrogen-bond acceptors (Lipinski definition) is 4. The maximum Gasteiger partial charge on any atom is 0.307 e. The standard InChI is InChI=1S/C22H15BrClNO5/c23-17-16-14(19(26)10-5-1-2-6-11(10)20(16)27)9-15(24)18(17)25-21(28)12-7-3-4-8-13(12)22(29)30/h1-6,9,12-13H,7-8H2,(H,25,28)(H,29,30). The highest BCUT2D eigenvalue weighted by atomic mass is 79.9. The van der Waals surface area contributed by atoms with Crippen molar-refractivity contribution in [1.29, 1.82) is 0 Å². The van der Waals surface area contributed by atoms with Crippen LogP contribution in [0.5, 0.6) is 0 Å². The Morgan fingerprint density at radius 3 is 2.23 bits per heavy atom. The Balaban J connectivity index is 1.74. The minimum atomic E-state index is -1.05. The summed E-state index contributed by atoms with van der Waals surface area (Å²) in [6.45, 7) is 0. The van der Waals surface area contributed by atoms with Crippen molar-refractivity contribution in [2.24, 2.45) is 11.8 Å². The Morgan fingerprint density at radius 2 is 1.60 bits per heavy atom. The fraction of sp³-hybridized carbons (Fsp3) is 0.182. The van der Waals surface area contributed by atoms with Crippen LogP contribution < -0.4 is 5.32 Å². The molecule has 2 N–H and O–H groups in total. The van der Waals surface area contributed by atoms with E-state index in [1.54, 1.807) is 36.4 Å². The highest BCUT2D eigenvalue weighted by Crippen LogP contribution is 2.41. The van der Waals surface area contributed by atoms with Gasteiger partial charge in [0.1, 0.15) is 0 Å². The Bertz CT molecular complexity index is 1160. The van der Waals surface area contributed by atoms with Crippen molar-refractivity contribution in [2.45, 2.75) is 12.8 Å². The Morgan fingerprint density at radius 1 is 1.00 bits per heavy atom. The molecule has 2 aromatic rings. The second-order valence-electron chi connectivity index (χ2n) is 7.16. The number of rotatable bonds is 3. The van der Waals surface area contributed by atoms with Crippen LogP contribution in [0.15, 0.2) is 47.0 Å². The molecule has 1 amide bonds. The number of ketones is 2. The summed E-state index contributed by atoms with van der Waals surface area (Å²) < 4.78 is 0.199. The fourth-order valence-corrected chi connectivity index (χ4v) is 4.96. The molecule has 0 saturated heterocycles. The van der Waals surface area contributed by atoms with E-state index in [-0.39, 0.29) is 56.3 Å². The zero-order valence-electron chi connectivity index (χ0n) is 15.4. The predicted molar refractivity (Wildman–Crippen MR) is 114 cm³/mol. The molecule has 0 radical (unpaired) electrons. The first-order valence-corrected chi connectivity index (χ1v) is 10.4. The number of benzene rings is 2.